The molecule has 21 heavy (non-hydrogen) atoms. The first-order valence-corrected chi connectivity index (χ1v) is 7.35. The number of halogens is 1. The van der Waals surface area contributed by atoms with Gasteiger partial charge in [-0.05, 0) is 43.2 Å². The lowest BCUT2D eigenvalue weighted by Gasteiger charge is -2.12. The van der Waals surface area contributed by atoms with E-state index in [-0.39, 0.29) is 0 Å². The number of pyridine rings is 1. The number of rotatable bonds is 3. The van der Waals surface area contributed by atoms with Crippen LogP contribution < -0.4 is 5.32 Å². The van der Waals surface area contributed by atoms with Gasteiger partial charge < -0.3 is 5.32 Å². The summed E-state index contributed by atoms with van der Waals surface area (Å²) in [5.74, 6) is 0. The number of hydrogen-bond acceptors (Lipinski definition) is 2. The molecule has 0 atom stereocenters. The minimum atomic E-state index is 0.721. The molecule has 0 aliphatic carbocycles. The van der Waals surface area contributed by atoms with Gasteiger partial charge in [-0.15, -0.1) is 0 Å². The fourth-order valence-electron chi connectivity index (χ4n) is 2.47. The zero-order chi connectivity index (χ0) is 14.8. The van der Waals surface area contributed by atoms with Crippen molar-refractivity contribution in [2.75, 3.05) is 5.32 Å². The van der Waals surface area contributed by atoms with Crippen LogP contribution in [0.3, 0.4) is 0 Å². The number of aromatic nitrogens is 1. The van der Waals surface area contributed by atoms with Gasteiger partial charge in [-0.25, -0.2) is 0 Å². The lowest BCUT2D eigenvalue weighted by Crippen LogP contribution is -2.03. The molecule has 0 saturated heterocycles. The predicted octanol–water partition coefficient (Wildman–Crippen LogP) is 5.12. The Kier molecular flexibility index (Phi) is 3.80. The zero-order valence-electron chi connectivity index (χ0n) is 12.2. The Labute approximate surface area is 129 Å². The summed E-state index contributed by atoms with van der Waals surface area (Å²) in [5, 5.41) is 5.24. The van der Waals surface area contributed by atoms with Gasteiger partial charge in [-0.2, -0.15) is 0 Å². The molecule has 0 aliphatic rings. The number of hydrogen-bond donors (Lipinski definition) is 1. The molecule has 106 valence electrons. The van der Waals surface area contributed by atoms with Gasteiger partial charge in [0, 0.05) is 23.2 Å². The first-order valence-electron chi connectivity index (χ1n) is 6.98. The van der Waals surface area contributed by atoms with E-state index in [1.54, 1.807) is 6.20 Å². The Bertz CT molecular complexity index is 796. The molecule has 0 unspecified atom stereocenters. The van der Waals surface area contributed by atoms with Crippen LogP contribution in [0.2, 0.25) is 5.02 Å². The molecule has 0 aliphatic heterocycles. The molecule has 3 rings (SSSR count). The van der Waals surface area contributed by atoms with Crippen molar-refractivity contribution in [1.82, 2.24) is 4.98 Å². The standard InChI is InChI=1S/C18H17ClN2/c1-12-5-6-13(2)15(8-12)11-21-17-10-16(19)9-14-4-3-7-20-18(14)17/h3-10,21H,11H2,1-2H3. The van der Waals surface area contributed by atoms with Crippen molar-refractivity contribution in [3.8, 4) is 0 Å². The van der Waals surface area contributed by atoms with E-state index < -0.39 is 0 Å². The average molecular weight is 297 g/mol. The van der Waals surface area contributed by atoms with Crippen LogP contribution in [0.15, 0.2) is 48.7 Å². The average Bonchev–Trinajstić information content (AvgIpc) is 2.47. The molecular weight excluding hydrogens is 280 g/mol. The summed E-state index contributed by atoms with van der Waals surface area (Å²) in [5.41, 5.74) is 5.77. The van der Waals surface area contributed by atoms with Crippen LogP contribution in [0.5, 0.6) is 0 Å². The summed E-state index contributed by atoms with van der Waals surface area (Å²) in [6.45, 7) is 5.00. The van der Waals surface area contributed by atoms with E-state index in [0.29, 0.717) is 0 Å². The molecule has 1 heterocycles. The van der Waals surface area contributed by atoms with Gasteiger partial charge in [0.1, 0.15) is 0 Å². The molecule has 0 radical (unpaired) electrons. The molecule has 3 aromatic rings. The second kappa shape index (κ2) is 5.74. The van der Waals surface area contributed by atoms with E-state index in [9.17, 15) is 0 Å². The molecular formula is C18H17ClN2. The Hall–Kier alpha value is -2.06. The van der Waals surface area contributed by atoms with Crippen molar-refractivity contribution in [3.63, 3.8) is 0 Å². The zero-order valence-corrected chi connectivity index (χ0v) is 12.9. The Morgan fingerprint density at radius 1 is 1.10 bits per heavy atom. The second-order valence-electron chi connectivity index (χ2n) is 5.31. The molecule has 1 aromatic heterocycles. The maximum absolute atomic E-state index is 6.19. The number of fused-ring (bicyclic) bond motifs is 1. The predicted molar refractivity (Wildman–Crippen MR) is 90.0 cm³/mol. The van der Waals surface area contributed by atoms with Crippen LogP contribution in [0.1, 0.15) is 16.7 Å². The summed E-state index contributed by atoms with van der Waals surface area (Å²) in [6.07, 6.45) is 1.80. The minimum Gasteiger partial charge on any atom is -0.379 e. The van der Waals surface area contributed by atoms with Crippen LogP contribution in [0.4, 0.5) is 5.69 Å². The maximum Gasteiger partial charge on any atom is 0.0934 e. The first-order chi connectivity index (χ1) is 10.1. The number of nitrogens with one attached hydrogen (secondary N) is 1. The highest BCUT2D eigenvalue weighted by molar-refractivity contribution is 6.31. The van der Waals surface area contributed by atoms with Crippen LogP contribution in [0, 0.1) is 13.8 Å². The van der Waals surface area contributed by atoms with Gasteiger partial charge in [0.25, 0.3) is 0 Å². The van der Waals surface area contributed by atoms with Crippen LogP contribution in [0.25, 0.3) is 10.9 Å². The van der Waals surface area contributed by atoms with Crippen molar-refractivity contribution in [1.29, 1.82) is 0 Å². The topological polar surface area (TPSA) is 24.9 Å². The van der Waals surface area contributed by atoms with Crippen LogP contribution in [-0.2, 0) is 6.54 Å². The fourth-order valence-corrected chi connectivity index (χ4v) is 2.70. The van der Waals surface area contributed by atoms with E-state index >= 15 is 0 Å². The number of benzene rings is 2. The van der Waals surface area contributed by atoms with Gasteiger partial charge in [0.2, 0.25) is 0 Å². The van der Waals surface area contributed by atoms with Crippen molar-refractivity contribution >= 4 is 28.2 Å². The highest BCUT2D eigenvalue weighted by Crippen LogP contribution is 2.27. The molecule has 3 heteroatoms. The van der Waals surface area contributed by atoms with E-state index in [0.717, 1.165) is 28.2 Å². The van der Waals surface area contributed by atoms with Crippen molar-refractivity contribution in [3.05, 3.63) is 70.4 Å². The minimum absolute atomic E-state index is 0.721. The van der Waals surface area contributed by atoms with Gasteiger partial charge in [0.15, 0.2) is 0 Å². The van der Waals surface area contributed by atoms with Crippen molar-refractivity contribution < 1.29 is 0 Å². The number of nitrogens with zero attached hydrogens (tertiary/aromatic N) is 1. The monoisotopic (exact) mass is 296 g/mol. The highest BCUT2D eigenvalue weighted by atomic mass is 35.5. The van der Waals surface area contributed by atoms with E-state index in [1.807, 2.05) is 24.3 Å². The summed E-state index contributed by atoms with van der Waals surface area (Å²) in [6, 6.07) is 14.3. The molecule has 2 nitrogen and oxygen atoms in total. The van der Waals surface area contributed by atoms with Crippen LogP contribution in [-0.4, -0.2) is 4.98 Å². The number of anilines is 1. The molecule has 0 fully saturated rings. The largest absolute Gasteiger partial charge is 0.379 e. The van der Waals surface area contributed by atoms with Crippen molar-refractivity contribution in [2.24, 2.45) is 0 Å². The van der Waals surface area contributed by atoms with E-state index in [1.165, 1.54) is 16.7 Å². The Morgan fingerprint density at radius 3 is 2.81 bits per heavy atom. The highest BCUT2D eigenvalue weighted by Gasteiger charge is 2.05. The maximum atomic E-state index is 6.19. The third kappa shape index (κ3) is 3.01. The van der Waals surface area contributed by atoms with E-state index in [4.69, 9.17) is 11.6 Å². The molecule has 1 N–H and O–H groups in total. The molecule has 0 saturated carbocycles. The normalized spacial score (nSPS) is 10.8. The number of aryl methyl sites for hydroxylation is 2. The second-order valence-corrected chi connectivity index (χ2v) is 5.75. The molecule has 0 spiro atoms. The Balaban J connectivity index is 1.93. The quantitative estimate of drug-likeness (QED) is 0.726. The molecule has 0 amide bonds. The third-order valence-corrected chi connectivity index (χ3v) is 3.86. The van der Waals surface area contributed by atoms with E-state index in [2.05, 4.69) is 42.3 Å². The summed E-state index contributed by atoms with van der Waals surface area (Å²) in [7, 11) is 0. The van der Waals surface area contributed by atoms with Gasteiger partial charge in [0.05, 0.1) is 11.2 Å². The fraction of sp³-hybridized carbons (Fsp3) is 0.167. The summed E-state index contributed by atoms with van der Waals surface area (Å²) >= 11 is 6.19. The van der Waals surface area contributed by atoms with Crippen LogP contribution >= 0.6 is 11.6 Å². The molecule has 0 bridgehead atoms. The van der Waals surface area contributed by atoms with Crippen molar-refractivity contribution in [2.45, 2.75) is 20.4 Å². The lowest BCUT2D eigenvalue weighted by molar-refractivity contribution is 1.11. The lowest BCUT2D eigenvalue weighted by atomic mass is 10.1. The third-order valence-electron chi connectivity index (χ3n) is 3.64. The SMILES string of the molecule is Cc1ccc(C)c(CNc2cc(Cl)cc3cccnc23)c1. The smallest absolute Gasteiger partial charge is 0.0934 e. The summed E-state index contributed by atoms with van der Waals surface area (Å²) < 4.78 is 0. The Morgan fingerprint density at radius 2 is 1.95 bits per heavy atom. The van der Waals surface area contributed by atoms with Gasteiger partial charge in [-0.3, -0.25) is 4.98 Å². The molecule has 2 aromatic carbocycles. The first kappa shape index (κ1) is 13.9. The van der Waals surface area contributed by atoms with Gasteiger partial charge >= 0.3 is 0 Å². The van der Waals surface area contributed by atoms with Gasteiger partial charge in [-0.1, -0.05) is 41.4 Å². The summed E-state index contributed by atoms with van der Waals surface area (Å²) in [4.78, 5) is 4.45.